The van der Waals surface area contributed by atoms with E-state index in [0.717, 1.165) is 109 Å². The third-order valence-electron chi connectivity index (χ3n) is 11.6. The smallest absolute Gasteiger partial charge is 0.306 e. The number of hydrogen-bond acceptors (Lipinski definition) is 6. The molecule has 0 heterocycles. The second-order valence-electron chi connectivity index (χ2n) is 18.1. The van der Waals surface area contributed by atoms with Gasteiger partial charge < -0.3 is 14.2 Å². The molecule has 0 fully saturated rings. The number of hydrogen-bond donors (Lipinski definition) is 0. The van der Waals surface area contributed by atoms with Gasteiger partial charge in [0.25, 0.3) is 0 Å². The van der Waals surface area contributed by atoms with E-state index in [2.05, 4.69) is 106 Å². The van der Waals surface area contributed by atoms with E-state index in [1.807, 2.05) is 0 Å². The summed E-state index contributed by atoms with van der Waals surface area (Å²) in [5.41, 5.74) is 0. The third-order valence-corrected chi connectivity index (χ3v) is 11.6. The van der Waals surface area contributed by atoms with Gasteiger partial charge in [0.15, 0.2) is 6.10 Å². The molecule has 0 saturated heterocycles. The molecule has 0 rings (SSSR count). The summed E-state index contributed by atoms with van der Waals surface area (Å²) in [7, 11) is 0. The van der Waals surface area contributed by atoms with Crippen molar-refractivity contribution in [3.8, 4) is 0 Å². The highest BCUT2D eigenvalue weighted by molar-refractivity contribution is 5.71. The average molecular weight is 919 g/mol. The molecule has 6 heteroatoms. The molecule has 0 spiro atoms. The van der Waals surface area contributed by atoms with Crippen molar-refractivity contribution >= 4 is 17.9 Å². The van der Waals surface area contributed by atoms with Crippen LogP contribution in [0, 0.1) is 0 Å². The lowest BCUT2D eigenvalue weighted by molar-refractivity contribution is -0.167. The van der Waals surface area contributed by atoms with E-state index in [1.165, 1.54) is 109 Å². The fourth-order valence-corrected chi connectivity index (χ4v) is 7.46. The van der Waals surface area contributed by atoms with E-state index in [1.54, 1.807) is 0 Å². The van der Waals surface area contributed by atoms with Gasteiger partial charge in [-0.1, -0.05) is 209 Å². The van der Waals surface area contributed by atoms with Crippen molar-refractivity contribution in [3.63, 3.8) is 0 Å². The van der Waals surface area contributed by atoms with Crippen molar-refractivity contribution in [1.29, 1.82) is 0 Å². The maximum absolute atomic E-state index is 12.8. The number of esters is 3. The lowest BCUT2D eigenvalue weighted by Crippen LogP contribution is -2.30. The summed E-state index contributed by atoms with van der Waals surface area (Å²) in [6.45, 7) is 6.45. The Morgan fingerprint density at radius 3 is 0.939 bits per heavy atom. The van der Waals surface area contributed by atoms with E-state index in [0.29, 0.717) is 19.3 Å². The highest BCUT2D eigenvalue weighted by atomic mass is 16.6. The standard InChI is InChI=1S/C60H102O6/c1-4-7-10-13-16-19-22-25-27-29-30-32-33-35-38-41-44-47-50-53-59(62)65-56-57(55-64-58(61)52-49-46-43-40-37-24-21-18-15-12-9-6-3)66-60(63)54-51-48-45-42-39-36-34-31-28-26-23-20-17-14-11-8-5-2/h8,11,16-21,25-28,34,36,57H,4-7,9-10,12-15,22-24,29-33,35,37-56H2,1-3H3/b11-8-,19-16-,20-17-,21-18-,27-25-,28-26-,36-34-. The molecule has 0 saturated carbocycles. The minimum Gasteiger partial charge on any atom is -0.462 e. The normalized spacial score (nSPS) is 12.7. The van der Waals surface area contributed by atoms with E-state index in [9.17, 15) is 14.4 Å². The zero-order valence-electron chi connectivity index (χ0n) is 43.2. The van der Waals surface area contributed by atoms with Crippen LogP contribution in [-0.2, 0) is 28.6 Å². The minimum absolute atomic E-state index is 0.0915. The molecule has 0 aliphatic rings. The van der Waals surface area contributed by atoms with E-state index in [-0.39, 0.29) is 31.1 Å². The molecule has 66 heavy (non-hydrogen) atoms. The van der Waals surface area contributed by atoms with Gasteiger partial charge in [-0.2, -0.15) is 0 Å². The maximum Gasteiger partial charge on any atom is 0.306 e. The molecule has 1 unspecified atom stereocenters. The molecule has 0 aromatic heterocycles. The summed E-state index contributed by atoms with van der Waals surface area (Å²) in [6.07, 6.45) is 69.9. The Kier molecular flexibility index (Phi) is 51.4. The predicted octanol–water partition coefficient (Wildman–Crippen LogP) is 18.4. The first-order valence-corrected chi connectivity index (χ1v) is 27.6. The lowest BCUT2D eigenvalue weighted by atomic mass is 10.1. The third kappa shape index (κ3) is 51.6. The van der Waals surface area contributed by atoms with Crippen LogP contribution < -0.4 is 0 Å². The molecule has 0 aromatic carbocycles. The summed E-state index contributed by atoms with van der Waals surface area (Å²) in [5.74, 6) is -0.926. The lowest BCUT2D eigenvalue weighted by Gasteiger charge is -2.18. The van der Waals surface area contributed by atoms with E-state index >= 15 is 0 Å². The van der Waals surface area contributed by atoms with Crippen LogP contribution in [0.2, 0.25) is 0 Å². The van der Waals surface area contributed by atoms with Gasteiger partial charge in [-0.05, 0) is 116 Å². The number of ether oxygens (including phenoxy) is 3. The van der Waals surface area contributed by atoms with Crippen LogP contribution in [0.1, 0.15) is 258 Å². The second-order valence-corrected chi connectivity index (χ2v) is 18.1. The fourth-order valence-electron chi connectivity index (χ4n) is 7.46. The van der Waals surface area contributed by atoms with Crippen molar-refractivity contribution in [2.45, 2.75) is 264 Å². The molecule has 0 aliphatic heterocycles. The zero-order chi connectivity index (χ0) is 47.9. The first-order valence-electron chi connectivity index (χ1n) is 27.6. The predicted molar refractivity (Wildman–Crippen MR) is 284 cm³/mol. The van der Waals surface area contributed by atoms with E-state index in [4.69, 9.17) is 14.2 Å². The van der Waals surface area contributed by atoms with Crippen LogP contribution in [0.25, 0.3) is 0 Å². The average Bonchev–Trinajstić information content (AvgIpc) is 3.31. The Morgan fingerprint density at radius 2 is 0.591 bits per heavy atom. The molecule has 0 amide bonds. The molecule has 0 bridgehead atoms. The first-order chi connectivity index (χ1) is 32.5. The minimum atomic E-state index is -0.795. The van der Waals surface area contributed by atoms with Crippen LogP contribution in [0.15, 0.2) is 85.1 Å². The fraction of sp³-hybridized carbons (Fsp3) is 0.717. The monoisotopic (exact) mass is 919 g/mol. The number of carbonyl (C=O) groups is 3. The van der Waals surface area contributed by atoms with Gasteiger partial charge >= 0.3 is 17.9 Å². The number of allylic oxidation sites excluding steroid dienone is 14. The van der Waals surface area contributed by atoms with Gasteiger partial charge in [-0.25, -0.2) is 0 Å². The van der Waals surface area contributed by atoms with Crippen LogP contribution in [0.4, 0.5) is 0 Å². The summed E-state index contributed by atoms with van der Waals surface area (Å²) < 4.78 is 16.8. The largest absolute Gasteiger partial charge is 0.462 e. The van der Waals surface area contributed by atoms with Gasteiger partial charge in [0.2, 0.25) is 0 Å². The van der Waals surface area contributed by atoms with Crippen molar-refractivity contribution in [3.05, 3.63) is 85.1 Å². The van der Waals surface area contributed by atoms with Gasteiger partial charge in [0.05, 0.1) is 0 Å². The van der Waals surface area contributed by atoms with E-state index < -0.39 is 6.10 Å². The Morgan fingerprint density at radius 1 is 0.318 bits per heavy atom. The van der Waals surface area contributed by atoms with Crippen molar-refractivity contribution in [2.75, 3.05) is 13.2 Å². The van der Waals surface area contributed by atoms with Crippen LogP contribution >= 0.6 is 0 Å². The summed E-state index contributed by atoms with van der Waals surface area (Å²) in [5, 5.41) is 0. The van der Waals surface area contributed by atoms with Crippen molar-refractivity contribution in [2.24, 2.45) is 0 Å². The van der Waals surface area contributed by atoms with Crippen molar-refractivity contribution in [1.82, 2.24) is 0 Å². The summed E-state index contributed by atoms with van der Waals surface area (Å²) in [6, 6.07) is 0. The van der Waals surface area contributed by atoms with Crippen molar-refractivity contribution < 1.29 is 28.6 Å². The number of carbonyl (C=O) groups excluding carboxylic acids is 3. The van der Waals surface area contributed by atoms with Gasteiger partial charge in [0, 0.05) is 19.3 Å². The molecular weight excluding hydrogens is 817 g/mol. The second kappa shape index (κ2) is 54.2. The van der Waals surface area contributed by atoms with Crippen LogP contribution in [0.3, 0.4) is 0 Å². The quantitative estimate of drug-likeness (QED) is 0.0262. The Bertz CT molecular complexity index is 1290. The Balaban J connectivity index is 4.41. The molecule has 6 nitrogen and oxygen atoms in total. The SMILES string of the molecule is CC/C=C\C/C=C\C/C=C\C/C=C\CCCCCCC(=O)OC(COC(=O)CCCCCCC/C=C\CCCCC)COC(=O)CCCCCCCCCCC/C=C\C/C=C\CCCCC. The molecule has 378 valence electrons. The highest BCUT2D eigenvalue weighted by Crippen LogP contribution is 2.14. The Labute approximate surface area is 407 Å². The molecule has 0 N–H and O–H groups in total. The molecular formula is C60H102O6. The molecule has 0 aromatic rings. The molecule has 0 radical (unpaired) electrons. The zero-order valence-corrected chi connectivity index (χ0v) is 43.2. The van der Waals surface area contributed by atoms with Gasteiger partial charge in [-0.15, -0.1) is 0 Å². The van der Waals surface area contributed by atoms with Gasteiger partial charge in [-0.3, -0.25) is 14.4 Å². The van der Waals surface area contributed by atoms with Gasteiger partial charge in [0.1, 0.15) is 13.2 Å². The van der Waals surface area contributed by atoms with Crippen LogP contribution in [0.5, 0.6) is 0 Å². The Hall–Kier alpha value is -3.41. The summed E-state index contributed by atoms with van der Waals surface area (Å²) in [4.78, 5) is 38.1. The maximum atomic E-state index is 12.8. The van der Waals surface area contributed by atoms with Crippen LogP contribution in [-0.4, -0.2) is 37.2 Å². The topological polar surface area (TPSA) is 78.9 Å². The number of rotatable bonds is 49. The molecule has 1 atom stereocenters. The highest BCUT2D eigenvalue weighted by Gasteiger charge is 2.19. The summed E-state index contributed by atoms with van der Waals surface area (Å²) >= 11 is 0. The number of unbranched alkanes of at least 4 members (excludes halogenated alkanes) is 24. The first kappa shape index (κ1) is 62.6. The molecule has 0 aliphatic carbocycles.